The first-order valence-electron chi connectivity index (χ1n) is 8.22. The number of rotatable bonds is 7. The SMILES string of the molecule is CCCC(=O)Nc1ccc(C(=O)NNC(=S)NC(=O)CCC(=O)OC)cc1. The van der Waals surface area contributed by atoms with Gasteiger partial charge in [-0.3, -0.25) is 30.0 Å². The quantitative estimate of drug-likeness (QED) is 0.309. The van der Waals surface area contributed by atoms with Gasteiger partial charge in [-0.15, -0.1) is 0 Å². The van der Waals surface area contributed by atoms with Gasteiger partial charge in [-0.2, -0.15) is 0 Å². The third kappa shape index (κ3) is 8.77. The minimum atomic E-state index is -0.508. The van der Waals surface area contributed by atoms with Gasteiger partial charge in [0.15, 0.2) is 5.11 Å². The molecule has 0 spiro atoms. The average Bonchev–Trinajstić information content (AvgIpc) is 2.64. The maximum absolute atomic E-state index is 12.0. The highest BCUT2D eigenvalue weighted by Gasteiger charge is 2.10. The summed E-state index contributed by atoms with van der Waals surface area (Å²) < 4.78 is 4.43. The number of hydrogen-bond donors (Lipinski definition) is 4. The highest BCUT2D eigenvalue weighted by Crippen LogP contribution is 2.10. The summed E-state index contributed by atoms with van der Waals surface area (Å²) >= 11 is 4.88. The van der Waals surface area contributed by atoms with Crippen LogP contribution in [-0.4, -0.2) is 35.9 Å². The zero-order valence-corrected chi connectivity index (χ0v) is 15.9. The number of hydrogen-bond acceptors (Lipinski definition) is 6. The Bertz CT molecular complexity index is 706. The van der Waals surface area contributed by atoms with Crippen molar-refractivity contribution in [3.05, 3.63) is 29.8 Å². The van der Waals surface area contributed by atoms with Crippen LogP contribution in [0.1, 0.15) is 43.0 Å². The predicted octanol–water partition coefficient (Wildman–Crippen LogP) is 1.01. The summed E-state index contributed by atoms with van der Waals surface area (Å²) in [7, 11) is 1.23. The number of thiocarbonyl (C=S) groups is 1. The van der Waals surface area contributed by atoms with Crippen molar-refractivity contribution in [3.8, 4) is 0 Å². The molecular formula is C17H22N4O5S. The molecule has 3 amide bonds. The number of benzene rings is 1. The maximum Gasteiger partial charge on any atom is 0.306 e. The van der Waals surface area contributed by atoms with Crippen LogP contribution in [0.25, 0.3) is 0 Å². The second-order valence-electron chi connectivity index (χ2n) is 5.41. The van der Waals surface area contributed by atoms with E-state index in [9.17, 15) is 19.2 Å². The summed E-state index contributed by atoms with van der Waals surface area (Å²) in [6, 6.07) is 6.29. The number of amides is 3. The van der Waals surface area contributed by atoms with Crippen molar-refractivity contribution >= 4 is 46.7 Å². The molecule has 0 saturated heterocycles. The van der Waals surface area contributed by atoms with Gasteiger partial charge in [-0.25, -0.2) is 0 Å². The number of ether oxygens (including phenoxy) is 1. The molecule has 4 N–H and O–H groups in total. The summed E-state index contributed by atoms with van der Waals surface area (Å²) in [5.74, 6) is -1.57. The minimum absolute atomic E-state index is 0.0710. The van der Waals surface area contributed by atoms with E-state index in [2.05, 4.69) is 26.2 Å². The van der Waals surface area contributed by atoms with E-state index in [1.165, 1.54) is 19.2 Å². The molecule has 27 heavy (non-hydrogen) atoms. The van der Waals surface area contributed by atoms with Crippen LogP contribution in [0, 0.1) is 0 Å². The molecule has 1 aromatic carbocycles. The summed E-state index contributed by atoms with van der Waals surface area (Å²) in [6.07, 6.45) is 1.01. The Morgan fingerprint density at radius 1 is 0.963 bits per heavy atom. The van der Waals surface area contributed by atoms with Crippen LogP contribution >= 0.6 is 12.2 Å². The van der Waals surface area contributed by atoms with Crippen LogP contribution in [0.5, 0.6) is 0 Å². The molecule has 0 fully saturated rings. The Morgan fingerprint density at radius 2 is 1.63 bits per heavy atom. The number of hydrazine groups is 1. The van der Waals surface area contributed by atoms with E-state index in [-0.39, 0.29) is 23.9 Å². The van der Waals surface area contributed by atoms with E-state index >= 15 is 0 Å². The lowest BCUT2D eigenvalue weighted by molar-refractivity contribution is -0.142. The molecule has 146 valence electrons. The number of anilines is 1. The van der Waals surface area contributed by atoms with Gasteiger partial charge in [-0.1, -0.05) is 6.92 Å². The Morgan fingerprint density at radius 3 is 2.22 bits per heavy atom. The fourth-order valence-electron chi connectivity index (χ4n) is 1.88. The molecule has 0 bridgehead atoms. The molecule has 0 atom stereocenters. The normalized spacial score (nSPS) is 9.70. The number of carbonyl (C=O) groups excluding carboxylic acids is 4. The topological polar surface area (TPSA) is 126 Å². The number of nitrogens with one attached hydrogen (secondary N) is 4. The molecule has 10 heteroatoms. The van der Waals surface area contributed by atoms with Gasteiger partial charge in [0.1, 0.15) is 0 Å². The van der Waals surface area contributed by atoms with Gasteiger partial charge >= 0.3 is 5.97 Å². The van der Waals surface area contributed by atoms with E-state index in [1.54, 1.807) is 12.1 Å². The van der Waals surface area contributed by atoms with Gasteiger partial charge in [0, 0.05) is 24.1 Å². The van der Waals surface area contributed by atoms with Gasteiger partial charge in [0.25, 0.3) is 5.91 Å². The lowest BCUT2D eigenvalue weighted by Crippen LogP contribution is -2.48. The van der Waals surface area contributed by atoms with Crippen LogP contribution in [0.4, 0.5) is 5.69 Å². The van der Waals surface area contributed by atoms with E-state index < -0.39 is 17.8 Å². The van der Waals surface area contributed by atoms with E-state index in [0.29, 0.717) is 17.7 Å². The van der Waals surface area contributed by atoms with Gasteiger partial charge in [-0.05, 0) is 42.9 Å². The van der Waals surface area contributed by atoms with Crippen molar-refractivity contribution in [1.82, 2.24) is 16.2 Å². The first kappa shape index (κ1) is 22.0. The van der Waals surface area contributed by atoms with E-state index in [0.717, 1.165) is 6.42 Å². The molecule has 0 aliphatic carbocycles. The largest absolute Gasteiger partial charge is 0.469 e. The highest BCUT2D eigenvalue weighted by atomic mass is 32.1. The summed E-state index contributed by atoms with van der Waals surface area (Å²) in [6.45, 7) is 1.91. The molecule has 1 rings (SSSR count). The van der Waals surface area contributed by atoms with Crippen molar-refractivity contribution in [2.45, 2.75) is 32.6 Å². The fraction of sp³-hybridized carbons (Fsp3) is 0.353. The highest BCUT2D eigenvalue weighted by molar-refractivity contribution is 7.80. The van der Waals surface area contributed by atoms with Crippen LogP contribution in [-0.2, 0) is 19.1 Å². The first-order valence-corrected chi connectivity index (χ1v) is 8.63. The molecule has 1 aromatic rings. The number of methoxy groups -OCH3 is 1. The van der Waals surface area contributed by atoms with Crippen LogP contribution in [0.2, 0.25) is 0 Å². The van der Waals surface area contributed by atoms with Gasteiger partial charge in [0.05, 0.1) is 13.5 Å². The zero-order valence-electron chi connectivity index (χ0n) is 15.1. The van der Waals surface area contributed by atoms with Gasteiger partial charge in [0.2, 0.25) is 11.8 Å². The molecule has 0 aliphatic heterocycles. The first-order chi connectivity index (χ1) is 12.8. The summed E-state index contributed by atoms with van der Waals surface area (Å²) in [5, 5.41) is 4.93. The molecule has 0 aliphatic rings. The Balaban J connectivity index is 2.41. The van der Waals surface area contributed by atoms with E-state index in [4.69, 9.17) is 12.2 Å². The molecule has 0 saturated carbocycles. The Kier molecular flexibility index (Phi) is 9.45. The summed E-state index contributed by atoms with van der Waals surface area (Å²) in [5.41, 5.74) is 5.65. The number of carbonyl (C=O) groups is 4. The molecular weight excluding hydrogens is 372 g/mol. The molecule has 0 unspecified atom stereocenters. The smallest absolute Gasteiger partial charge is 0.306 e. The van der Waals surface area contributed by atoms with Crippen LogP contribution in [0.15, 0.2) is 24.3 Å². The lowest BCUT2D eigenvalue weighted by Gasteiger charge is -2.11. The minimum Gasteiger partial charge on any atom is -0.469 e. The molecule has 0 heterocycles. The molecule has 0 aromatic heterocycles. The second-order valence-corrected chi connectivity index (χ2v) is 5.82. The van der Waals surface area contributed by atoms with Crippen molar-refractivity contribution < 1.29 is 23.9 Å². The third-order valence-corrected chi connectivity index (χ3v) is 3.44. The fourth-order valence-corrected chi connectivity index (χ4v) is 2.04. The number of esters is 1. The molecule has 9 nitrogen and oxygen atoms in total. The molecule has 0 radical (unpaired) electrons. The Labute approximate surface area is 162 Å². The average molecular weight is 394 g/mol. The monoisotopic (exact) mass is 394 g/mol. The maximum atomic E-state index is 12.0. The van der Waals surface area contributed by atoms with Crippen LogP contribution < -0.4 is 21.5 Å². The zero-order chi connectivity index (χ0) is 20.2. The second kappa shape index (κ2) is 11.6. The van der Waals surface area contributed by atoms with Crippen molar-refractivity contribution in [1.29, 1.82) is 0 Å². The van der Waals surface area contributed by atoms with Crippen molar-refractivity contribution in [2.24, 2.45) is 0 Å². The third-order valence-electron chi connectivity index (χ3n) is 3.23. The van der Waals surface area contributed by atoms with E-state index in [1.807, 2.05) is 6.92 Å². The van der Waals surface area contributed by atoms with Crippen molar-refractivity contribution in [3.63, 3.8) is 0 Å². The summed E-state index contributed by atoms with van der Waals surface area (Å²) in [4.78, 5) is 46.1. The van der Waals surface area contributed by atoms with Crippen molar-refractivity contribution in [2.75, 3.05) is 12.4 Å². The standard InChI is InChI=1S/C17H22N4O5S/c1-3-4-13(22)18-12-7-5-11(6-8-12)16(25)20-21-17(27)19-14(23)9-10-15(24)26-2/h5-8H,3-4,9-10H2,1-2H3,(H,18,22)(H,20,25)(H2,19,21,23,27). The Hall–Kier alpha value is -3.01. The lowest BCUT2D eigenvalue weighted by atomic mass is 10.2. The van der Waals surface area contributed by atoms with Crippen LogP contribution in [0.3, 0.4) is 0 Å². The van der Waals surface area contributed by atoms with Gasteiger partial charge < -0.3 is 15.4 Å². The predicted molar refractivity (Wildman–Crippen MR) is 103 cm³/mol.